The van der Waals surface area contributed by atoms with Crippen LogP contribution in [0.1, 0.15) is 206 Å². The van der Waals surface area contributed by atoms with Crippen LogP contribution >= 0.6 is 7.82 Å². The molecule has 53 heavy (non-hydrogen) atoms. The minimum absolute atomic E-state index is 0.0518. The molecule has 9 nitrogen and oxygen atoms in total. The Morgan fingerprint density at radius 3 is 1.43 bits per heavy atom. The van der Waals surface area contributed by atoms with Gasteiger partial charge < -0.3 is 20.1 Å². The van der Waals surface area contributed by atoms with E-state index in [1.54, 1.807) is 0 Å². The highest BCUT2D eigenvalue weighted by Gasteiger charge is 2.26. The molecule has 3 N–H and O–H groups in total. The monoisotopic (exact) mass is 772 g/mol. The third-order valence-corrected chi connectivity index (χ3v) is 10.3. The molecule has 1 unspecified atom stereocenters. The Morgan fingerprint density at radius 1 is 0.566 bits per heavy atom. The van der Waals surface area contributed by atoms with Gasteiger partial charge in [0, 0.05) is 19.4 Å². The largest absolute Gasteiger partial charge is 0.472 e. The Morgan fingerprint density at radius 2 is 0.981 bits per heavy atom. The van der Waals surface area contributed by atoms with Gasteiger partial charge in [0.25, 0.3) is 0 Å². The van der Waals surface area contributed by atoms with Gasteiger partial charge in [0.05, 0.1) is 13.2 Å². The molecule has 0 aliphatic heterocycles. The quantitative estimate of drug-likeness (QED) is 0.0269. The summed E-state index contributed by atoms with van der Waals surface area (Å²) in [5, 5.41) is 0. The third kappa shape index (κ3) is 40.0. The molecule has 0 bridgehead atoms. The van der Waals surface area contributed by atoms with Gasteiger partial charge in [0.2, 0.25) is 0 Å². The zero-order valence-electron chi connectivity index (χ0n) is 34.3. The van der Waals surface area contributed by atoms with Crippen LogP contribution in [0, 0.1) is 0 Å². The van der Waals surface area contributed by atoms with Crippen molar-refractivity contribution in [2.45, 2.75) is 213 Å². The molecule has 2 atom stereocenters. The lowest BCUT2D eigenvalue weighted by atomic mass is 10.0. The van der Waals surface area contributed by atoms with Crippen LogP contribution in [0.2, 0.25) is 0 Å². The number of allylic oxidation sites excluding steroid dienone is 4. The Balaban J connectivity index is 4.17. The first-order chi connectivity index (χ1) is 25.8. The molecule has 0 aromatic rings. The van der Waals surface area contributed by atoms with Gasteiger partial charge in [-0.25, -0.2) is 4.57 Å². The van der Waals surface area contributed by atoms with Crippen LogP contribution in [0.25, 0.3) is 0 Å². The number of esters is 2. The summed E-state index contributed by atoms with van der Waals surface area (Å²) in [4.78, 5) is 34.8. The van der Waals surface area contributed by atoms with Crippen molar-refractivity contribution in [1.29, 1.82) is 0 Å². The van der Waals surface area contributed by atoms with Crippen molar-refractivity contribution in [2.75, 3.05) is 26.4 Å². The van der Waals surface area contributed by atoms with Gasteiger partial charge in [-0.1, -0.05) is 173 Å². The summed E-state index contributed by atoms with van der Waals surface area (Å²) in [5.41, 5.74) is 5.34. The Kier molecular flexibility index (Phi) is 39.0. The van der Waals surface area contributed by atoms with E-state index < -0.39 is 26.5 Å². The summed E-state index contributed by atoms with van der Waals surface area (Å²) < 4.78 is 32.8. The van der Waals surface area contributed by atoms with Gasteiger partial charge in [0.1, 0.15) is 6.61 Å². The molecule has 312 valence electrons. The number of nitrogens with two attached hydrogens (primary N) is 1. The summed E-state index contributed by atoms with van der Waals surface area (Å²) >= 11 is 0. The van der Waals surface area contributed by atoms with E-state index in [1.165, 1.54) is 122 Å². The van der Waals surface area contributed by atoms with E-state index in [1.807, 2.05) is 0 Å². The fraction of sp³-hybridized carbons (Fsp3) is 0.860. The number of hydrogen-bond donors (Lipinski definition) is 2. The Hall–Kier alpha value is -1.51. The van der Waals surface area contributed by atoms with Crippen LogP contribution in [0.5, 0.6) is 0 Å². The van der Waals surface area contributed by atoms with Crippen molar-refractivity contribution in [3.63, 3.8) is 0 Å². The topological polar surface area (TPSA) is 134 Å². The second-order valence-corrected chi connectivity index (χ2v) is 16.0. The molecule has 0 spiro atoms. The number of hydrogen-bond acceptors (Lipinski definition) is 8. The lowest BCUT2D eigenvalue weighted by Crippen LogP contribution is -2.29. The van der Waals surface area contributed by atoms with Gasteiger partial charge in [-0.3, -0.25) is 18.6 Å². The fourth-order valence-corrected chi connectivity index (χ4v) is 6.84. The first-order valence-electron chi connectivity index (χ1n) is 21.8. The van der Waals surface area contributed by atoms with E-state index in [0.29, 0.717) is 6.42 Å². The second kappa shape index (κ2) is 40.2. The van der Waals surface area contributed by atoms with Crippen molar-refractivity contribution < 1.29 is 37.6 Å². The van der Waals surface area contributed by atoms with Crippen LogP contribution < -0.4 is 5.73 Å². The predicted octanol–water partition coefficient (Wildman–Crippen LogP) is 12.4. The average Bonchev–Trinajstić information content (AvgIpc) is 3.14. The number of unbranched alkanes of at least 4 members (excludes halogenated alkanes) is 24. The Labute approximate surface area is 325 Å². The number of phosphoric acid groups is 1. The number of phosphoric ester groups is 1. The van der Waals surface area contributed by atoms with Crippen LogP contribution in [-0.2, 0) is 32.7 Å². The average molecular weight is 772 g/mol. The maximum atomic E-state index is 12.6. The molecule has 0 aliphatic carbocycles. The molecule has 0 saturated heterocycles. The maximum Gasteiger partial charge on any atom is 0.472 e. The molecular weight excluding hydrogens is 689 g/mol. The van der Waals surface area contributed by atoms with Gasteiger partial charge >= 0.3 is 19.8 Å². The number of carbonyl (C=O) groups excluding carboxylic acids is 2. The van der Waals surface area contributed by atoms with Crippen LogP contribution in [0.3, 0.4) is 0 Å². The summed E-state index contributed by atoms with van der Waals surface area (Å²) in [5.74, 6) is -0.842. The number of ether oxygens (including phenoxy) is 2. The van der Waals surface area contributed by atoms with E-state index in [9.17, 15) is 19.0 Å². The summed E-state index contributed by atoms with van der Waals surface area (Å²) in [6.45, 7) is 3.72. The molecule has 0 heterocycles. The van der Waals surface area contributed by atoms with E-state index in [-0.39, 0.29) is 38.6 Å². The molecule has 0 amide bonds. The highest BCUT2D eigenvalue weighted by molar-refractivity contribution is 7.47. The molecule has 0 saturated carbocycles. The minimum atomic E-state index is -4.38. The van der Waals surface area contributed by atoms with Crippen molar-refractivity contribution in [1.82, 2.24) is 0 Å². The lowest BCUT2D eigenvalue weighted by molar-refractivity contribution is -0.161. The Bertz CT molecular complexity index is 928. The van der Waals surface area contributed by atoms with Crippen molar-refractivity contribution in [3.8, 4) is 0 Å². The number of carbonyl (C=O) groups is 2. The predicted molar refractivity (Wildman–Crippen MR) is 220 cm³/mol. The smallest absolute Gasteiger partial charge is 0.462 e. The lowest BCUT2D eigenvalue weighted by Gasteiger charge is -2.19. The summed E-state index contributed by atoms with van der Waals surface area (Å²) in [6.07, 6.45) is 42.0. The third-order valence-electron chi connectivity index (χ3n) is 9.34. The molecule has 0 aromatic heterocycles. The normalized spacial score (nSPS) is 13.5. The summed E-state index contributed by atoms with van der Waals surface area (Å²) in [7, 11) is -4.38. The van der Waals surface area contributed by atoms with Crippen LogP contribution in [0.15, 0.2) is 24.3 Å². The first kappa shape index (κ1) is 51.5. The van der Waals surface area contributed by atoms with E-state index in [2.05, 4.69) is 38.2 Å². The SMILES string of the molecule is CCCCCCCC/C=C\C/C=C\CCCCCCC(=O)O[C@H](COC(=O)CCCCCCCCCCCCCCCCC)COP(=O)(O)OCCN. The maximum absolute atomic E-state index is 12.6. The first-order valence-corrected chi connectivity index (χ1v) is 23.3. The standard InChI is InChI=1S/C43H82NO8P/c1-3-5-7-9-11-13-15-17-19-20-22-24-26-28-30-32-34-36-43(46)52-41(40-51-53(47,48)50-38-37-44)39-49-42(45)35-33-31-29-27-25-23-21-18-16-14-12-10-8-6-4-2/h17,19,22,24,41H,3-16,18,20-21,23,25-40,44H2,1-2H3,(H,47,48)/b19-17-,24-22-/t41-/m1/s1. The van der Waals surface area contributed by atoms with E-state index in [0.717, 1.165) is 51.4 Å². The van der Waals surface area contributed by atoms with Crippen molar-refractivity contribution in [3.05, 3.63) is 24.3 Å². The highest BCUT2D eigenvalue weighted by Crippen LogP contribution is 2.43. The van der Waals surface area contributed by atoms with Crippen molar-refractivity contribution in [2.24, 2.45) is 5.73 Å². The van der Waals surface area contributed by atoms with Gasteiger partial charge in [-0.15, -0.1) is 0 Å². The van der Waals surface area contributed by atoms with Gasteiger partial charge in [0.15, 0.2) is 6.10 Å². The van der Waals surface area contributed by atoms with Gasteiger partial charge in [-0.2, -0.15) is 0 Å². The molecular formula is C43H82NO8P. The molecule has 10 heteroatoms. The molecule has 0 rings (SSSR count). The summed E-state index contributed by atoms with van der Waals surface area (Å²) in [6, 6.07) is 0. The van der Waals surface area contributed by atoms with E-state index >= 15 is 0 Å². The van der Waals surface area contributed by atoms with Crippen LogP contribution in [0.4, 0.5) is 0 Å². The van der Waals surface area contributed by atoms with Gasteiger partial charge in [-0.05, 0) is 44.9 Å². The minimum Gasteiger partial charge on any atom is -0.462 e. The number of rotatable bonds is 41. The van der Waals surface area contributed by atoms with Crippen LogP contribution in [-0.4, -0.2) is 49.3 Å². The zero-order chi connectivity index (χ0) is 38.9. The zero-order valence-corrected chi connectivity index (χ0v) is 35.2. The van der Waals surface area contributed by atoms with E-state index in [4.69, 9.17) is 24.3 Å². The molecule has 0 radical (unpaired) electrons. The molecule has 0 fully saturated rings. The highest BCUT2D eigenvalue weighted by atomic mass is 31.2. The van der Waals surface area contributed by atoms with Crippen molar-refractivity contribution >= 4 is 19.8 Å². The molecule has 0 aliphatic rings. The molecule has 0 aromatic carbocycles. The fourth-order valence-electron chi connectivity index (χ4n) is 6.08. The second-order valence-electron chi connectivity index (χ2n) is 14.6.